The largest absolute Gasteiger partial charge is 0.339 e. The molecule has 2 unspecified atom stereocenters. The maximum Gasteiger partial charge on any atom is 0.339 e. The molecule has 1 aromatic carbocycles. The van der Waals surface area contributed by atoms with Crippen molar-refractivity contribution in [2.45, 2.75) is 12.5 Å². The zero-order chi connectivity index (χ0) is 19.3. The summed E-state index contributed by atoms with van der Waals surface area (Å²) >= 11 is 0. The van der Waals surface area contributed by atoms with Gasteiger partial charge in [0, 0.05) is 32.3 Å². The summed E-state index contributed by atoms with van der Waals surface area (Å²) in [7, 11) is 3.32. The SMILES string of the molecule is CN1C(=O)CC(C(=O)ON2C(=O)c3ccccc3C2=O)C1c1cnn(C)c1. The van der Waals surface area contributed by atoms with Crippen LogP contribution in [0.1, 0.15) is 38.7 Å². The summed E-state index contributed by atoms with van der Waals surface area (Å²) in [5, 5.41) is 4.55. The number of hydrogen-bond acceptors (Lipinski definition) is 6. The molecule has 0 saturated carbocycles. The Morgan fingerprint density at radius 2 is 1.74 bits per heavy atom. The summed E-state index contributed by atoms with van der Waals surface area (Å²) in [6.45, 7) is 0. The summed E-state index contributed by atoms with van der Waals surface area (Å²) in [5.74, 6) is -3.28. The smallest absolute Gasteiger partial charge is 0.338 e. The molecule has 1 aromatic heterocycles. The van der Waals surface area contributed by atoms with E-state index in [9.17, 15) is 19.2 Å². The van der Waals surface area contributed by atoms with Crippen molar-refractivity contribution in [3.05, 3.63) is 53.3 Å². The molecular formula is C18H16N4O5. The number of amides is 3. The van der Waals surface area contributed by atoms with Gasteiger partial charge in [-0.25, -0.2) is 4.79 Å². The van der Waals surface area contributed by atoms with Crippen LogP contribution < -0.4 is 0 Å². The number of carbonyl (C=O) groups is 4. The fourth-order valence-corrected chi connectivity index (χ4v) is 3.54. The fraction of sp³-hybridized carbons (Fsp3) is 0.278. The van der Waals surface area contributed by atoms with E-state index < -0.39 is 29.7 Å². The van der Waals surface area contributed by atoms with Gasteiger partial charge in [0.15, 0.2) is 0 Å². The van der Waals surface area contributed by atoms with Gasteiger partial charge in [-0.2, -0.15) is 5.10 Å². The Bertz CT molecular complexity index is 947. The van der Waals surface area contributed by atoms with E-state index in [1.165, 1.54) is 17.0 Å². The van der Waals surface area contributed by atoms with Crippen LogP contribution in [0, 0.1) is 5.92 Å². The molecule has 3 heterocycles. The van der Waals surface area contributed by atoms with Crippen LogP contribution in [0.3, 0.4) is 0 Å². The number of aromatic nitrogens is 2. The minimum atomic E-state index is -0.851. The van der Waals surface area contributed by atoms with Crippen LogP contribution in [-0.2, 0) is 21.5 Å². The highest BCUT2D eigenvalue weighted by Gasteiger charge is 2.47. The van der Waals surface area contributed by atoms with Gasteiger partial charge in [-0.15, -0.1) is 0 Å². The summed E-state index contributed by atoms with van der Waals surface area (Å²) in [6.07, 6.45) is 3.21. The second-order valence-corrected chi connectivity index (χ2v) is 6.57. The molecule has 9 heteroatoms. The Morgan fingerprint density at radius 1 is 1.11 bits per heavy atom. The van der Waals surface area contributed by atoms with Crippen molar-refractivity contribution in [2.24, 2.45) is 13.0 Å². The zero-order valence-electron chi connectivity index (χ0n) is 14.7. The lowest BCUT2D eigenvalue weighted by molar-refractivity contribution is -0.174. The number of fused-ring (bicyclic) bond motifs is 1. The molecule has 9 nitrogen and oxygen atoms in total. The summed E-state index contributed by atoms with van der Waals surface area (Å²) in [6, 6.07) is 5.66. The molecule has 138 valence electrons. The van der Waals surface area contributed by atoms with Gasteiger partial charge in [0.05, 0.1) is 29.3 Å². The van der Waals surface area contributed by atoms with Gasteiger partial charge in [0.1, 0.15) is 0 Å². The second kappa shape index (κ2) is 6.04. The first-order chi connectivity index (χ1) is 12.9. The molecule has 2 aliphatic rings. The van der Waals surface area contributed by atoms with Gasteiger partial charge in [0.25, 0.3) is 11.8 Å². The first-order valence-electron chi connectivity index (χ1n) is 8.32. The standard InChI is InChI=1S/C18H16N4O5/c1-20-9-10(8-19-20)15-13(7-14(23)21(15)2)18(26)27-22-16(24)11-5-3-4-6-12(11)17(22)25/h3-6,8-9,13,15H,7H2,1-2H3. The quantitative estimate of drug-likeness (QED) is 0.739. The molecule has 2 aliphatic heterocycles. The molecule has 0 N–H and O–H groups in total. The van der Waals surface area contributed by atoms with E-state index in [0.717, 1.165) is 0 Å². The maximum absolute atomic E-state index is 12.8. The Morgan fingerprint density at radius 3 is 2.30 bits per heavy atom. The topological polar surface area (TPSA) is 102 Å². The summed E-state index contributed by atoms with van der Waals surface area (Å²) < 4.78 is 1.57. The third-order valence-electron chi connectivity index (χ3n) is 4.89. The molecule has 0 spiro atoms. The highest BCUT2D eigenvalue weighted by Crippen LogP contribution is 2.38. The summed E-state index contributed by atoms with van der Waals surface area (Å²) in [5.41, 5.74) is 1.03. The lowest BCUT2D eigenvalue weighted by Crippen LogP contribution is -2.36. The Balaban J connectivity index is 1.58. The maximum atomic E-state index is 12.8. The zero-order valence-corrected chi connectivity index (χ0v) is 14.7. The fourth-order valence-electron chi connectivity index (χ4n) is 3.54. The lowest BCUT2D eigenvalue weighted by atomic mass is 9.96. The molecular weight excluding hydrogens is 352 g/mol. The van der Waals surface area contributed by atoms with Crippen molar-refractivity contribution in [3.63, 3.8) is 0 Å². The van der Waals surface area contributed by atoms with Gasteiger partial charge in [0.2, 0.25) is 5.91 Å². The molecule has 4 rings (SSSR count). The average molecular weight is 368 g/mol. The monoisotopic (exact) mass is 368 g/mol. The van der Waals surface area contributed by atoms with Crippen LogP contribution >= 0.6 is 0 Å². The van der Waals surface area contributed by atoms with Crippen molar-refractivity contribution in [1.29, 1.82) is 0 Å². The van der Waals surface area contributed by atoms with Crippen molar-refractivity contribution < 1.29 is 24.0 Å². The van der Waals surface area contributed by atoms with Crippen molar-refractivity contribution in [1.82, 2.24) is 19.7 Å². The van der Waals surface area contributed by atoms with Crippen LogP contribution in [0.5, 0.6) is 0 Å². The Hall–Kier alpha value is -3.49. The van der Waals surface area contributed by atoms with E-state index in [2.05, 4.69) is 5.10 Å². The van der Waals surface area contributed by atoms with E-state index in [1.54, 1.807) is 43.3 Å². The van der Waals surface area contributed by atoms with Crippen LogP contribution in [0.2, 0.25) is 0 Å². The normalized spacial score (nSPS) is 21.8. The van der Waals surface area contributed by atoms with E-state index in [-0.39, 0.29) is 23.5 Å². The minimum absolute atomic E-state index is 0.0714. The van der Waals surface area contributed by atoms with Crippen LogP contribution in [-0.4, -0.2) is 50.5 Å². The number of imide groups is 1. The van der Waals surface area contributed by atoms with Crippen molar-refractivity contribution >= 4 is 23.7 Å². The predicted octanol–water partition coefficient (Wildman–Crippen LogP) is 0.694. The Labute approximate surface area is 154 Å². The second-order valence-electron chi connectivity index (χ2n) is 6.57. The van der Waals surface area contributed by atoms with Crippen molar-refractivity contribution in [2.75, 3.05) is 7.05 Å². The first-order valence-corrected chi connectivity index (χ1v) is 8.32. The molecule has 0 bridgehead atoms. The highest BCUT2D eigenvalue weighted by molar-refractivity contribution is 6.20. The Kier molecular flexibility index (Phi) is 3.79. The third-order valence-corrected chi connectivity index (χ3v) is 4.89. The molecule has 2 aromatic rings. The number of benzene rings is 1. The number of hydroxylamine groups is 2. The number of aryl methyl sites for hydroxylation is 1. The van der Waals surface area contributed by atoms with Gasteiger partial charge in [-0.3, -0.25) is 19.1 Å². The molecule has 0 aliphatic carbocycles. The number of carbonyl (C=O) groups excluding carboxylic acids is 4. The highest BCUT2D eigenvalue weighted by atomic mass is 16.7. The lowest BCUT2D eigenvalue weighted by Gasteiger charge is -2.23. The van der Waals surface area contributed by atoms with E-state index in [1.807, 2.05) is 0 Å². The van der Waals surface area contributed by atoms with Gasteiger partial charge in [-0.05, 0) is 12.1 Å². The minimum Gasteiger partial charge on any atom is -0.338 e. The number of hydrogen-bond donors (Lipinski definition) is 0. The molecule has 1 fully saturated rings. The third kappa shape index (κ3) is 2.59. The average Bonchev–Trinajstić information content (AvgIpc) is 3.27. The molecule has 3 amide bonds. The molecule has 1 saturated heterocycles. The molecule has 2 atom stereocenters. The predicted molar refractivity (Wildman–Crippen MR) is 89.9 cm³/mol. The van der Waals surface area contributed by atoms with E-state index in [4.69, 9.17) is 4.84 Å². The van der Waals surface area contributed by atoms with Crippen molar-refractivity contribution in [3.8, 4) is 0 Å². The van der Waals surface area contributed by atoms with Crippen LogP contribution in [0.25, 0.3) is 0 Å². The van der Waals surface area contributed by atoms with E-state index >= 15 is 0 Å². The number of rotatable bonds is 3. The van der Waals surface area contributed by atoms with Gasteiger partial charge < -0.3 is 9.74 Å². The van der Waals surface area contributed by atoms with Crippen LogP contribution in [0.4, 0.5) is 0 Å². The first kappa shape index (κ1) is 17.0. The van der Waals surface area contributed by atoms with Gasteiger partial charge in [-0.1, -0.05) is 17.2 Å². The summed E-state index contributed by atoms with van der Waals surface area (Å²) in [4.78, 5) is 56.3. The van der Waals surface area contributed by atoms with E-state index in [0.29, 0.717) is 10.6 Å². The number of nitrogens with zero attached hydrogens (tertiary/aromatic N) is 4. The molecule has 0 radical (unpaired) electrons. The van der Waals surface area contributed by atoms with Crippen LogP contribution in [0.15, 0.2) is 36.7 Å². The van der Waals surface area contributed by atoms with Gasteiger partial charge >= 0.3 is 5.97 Å². The molecule has 27 heavy (non-hydrogen) atoms. The number of likely N-dealkylation sites (tertiary alicyclic amines) is 1.